The predicted octanol–water partition coefficient (Wildman–Crippen LogP) is 4.70. The summed E-state index contributed by atoms with van der Waals surface area (Å²) in [7, 11) is 0. The van der Waals surface area contributed by atoms with Crippen molar-refractivity contribution in [3.05, 3.63) is 69.6 Å². The molecule has 2 aromatic carbocycles. The van der Waals surface area contributed by atoms with Crippen molar-refractivity contribution in [1.29, 1.82) is 0 Å². The van der Waals surface area contributed by atoms with Gasteiger partial charge >= 0.3 is 6.01 Å². The second-order valence-electron chi connectivity index (χ2n) is 6.69. The number of benzene rings is 2. The maximum absolute atomic E-state index is 14.6. The molecule has 0 unspecified atom stereocenters. The van der Waals surface area contributed by atoms with Crippen LogP contribution in [0.3, 0.4) is 0 Å². The standard InChI is InChI=1S/C20H14BrFN4O2/c1-10-18-13(12-8-11(21)6-7-14(12)22)9-17(27)24-19(18)26(25-10)20-23-15-4-2-3-5-16(15)28-20/h2-8,13H,9H2,1H3,(H,24,27)/t13-/m1/s1. The number of para-hydroxylation sites is 2. The lowest BCUT2D eigenvalue weighted by Crippen LogP contribution is -2.25. The Kier molecular flexibility index (Phi) is 3.83. The molecule has 3 heterocycles. The van der Waals surface area contributed by atoms with Crippen molar-refractivity contribution < 1.29 is 13.6 Å². The molecule has 6 nitrogen and oxygen atoms in total. The number of aryl methyl sites for hydroxylation is 1. The molecule has 140 valence electrons. The van der Waals surface area contributed by atoms with Crippen LogP contribution in [0, 0.1) is 12.7 Å². The van der Waals surface area contributed by atoms with Crippen molar-refractivity contribution in [1.82, 2.24) is 14.8 Å². The third-order valence-electron chi connectivity index (χ3n) is 4.90. The van der Waals surface area contributed by atoms with Crippen molar-refractivity contribution >= 4 is 38.8 Å². The van der Waals surface area contributed by atoms with E-state index < -0.39 is 5.92 Å². The van der Waals surface area contributed by atoms with Gasteiger partial charge in [0.2, 0.25) is 5.91 Å². The van der Waals surface area contributed by atoms with Crippen molar-refractivity contribution in [2.45, 2.75) is 19.3 Å². The minimum absolute atomic E-state index is 0.139. The topological polar surface area (TPSA) is 73.0 Å². The monoisotopic (exact) mass is 440 g/mol. The van der Waals surface area contributed by atoms with Crippen molar-refractivity contribution in [2.75, 3.05) is 5.32 Å². The third-order valence-corrected chi connectivity index (χ3v) is 5.39. The maximum Gasteiger partial charge on any atom is 0.325 e. The van der Waals surface area contributed by atoms with Crippen LogP contribution in [0.5, 0.6) is 0 Å². The molecule has 1 aliphatic rings. The van der Waals surface area contributed by atoms with Crippen LogP contribution >= 0.6 is 15.9 Å². The Labute approximate surface area is 167 Å². The molecule has 0 radical (unpaired) electrons. The van der Waals surface area contributed by atoms with Gasteiger partial charge in [0.25, 0.3) is 0 Å². The molecule has 5 rings (SSSR count). The first-order chi connectivity index (χ1) is 13.5. The number of aromatic nitrogens is 3. The van der Waals surface area contributed by atoms with Gasteiger partial charge in [-0.1, -0.05) is 28.1 Å². The van der Waals surface area contributed by atoms with Crippen LogP contribution in [0.1, 0.15) is 29.2 Å². The summed E-state index contributed by atoms with van der Waals surface area (Å²) in [5.74, 6) is -0.555. The van der Waals surface area contributed by atoms with Gasteiger partial charge in [-0.15, -0.1) is 0 Å². The number of amides is 1. The highest BCUT2D eigenvalue weighted by Crippen LogP contribution is 2.41. The van der Waals surface area contributed by atoms with E-state index in [-0.39, 0.29) is 24.2 Å². The van der Waals surface area contributed by atoms with Gasteiger partial charge in [-0.25, -0.2) is 4.39 Å². The average Bonchev–Trinajstić information content (AvgIpc) is 3.24. The molecule has 1 aliphatic heterocycles. The van der Waals surface area contributed by atoms with Crippen LogP contribution in [-0.4, -0.2) is 20.7 Å². The Morgan fingerprint density at radius 3 is 2.93 bits per heavy atom. The van der Waals surface area contributed by atoms with Crippen LogP contribution in [0.4, 0.5) is 10.2 Å². The number of anilines is 1. The minimum atomic E-state index is -0.445. The van der Waals surface area contributed by atoms with Crippen molar-refractivity contribution in [3.8, 4) is 6.01 Å². The Hall–Kier alpha value is -3.00. The van der Waals surface area contributed by atoms with E-state index in [4.69, 9.17) is 4.42 Å². The zero-order valence-electron chi connectivity index (χ0n) is 14.7. The summed E-state index contributed by atoms with van der Waals surface area (Å²) in [5.41, 5.74) is 3.21. The van der Waals surface area contributed by atoms with Crippen LogP contribution in [0.2, 0.25) is 0 Å². The van der Waals surface area contributed by atoms with E-state index in [0.717, 1.165) is 10.0 Å². The van der Waals surface area contributed by atoms with Gasteiger partial charge in [-0.2, -0.15) is 14.8 Å². The number of rotatable bonds is 2. The molecule has 1 N–H and O–H groups in total. The first kappa shape index (κ1) is 17.1. The van der Waals surface area contributed by atoms with E-state index in [1.807, 2.05) is 31.2 Å². The van der Waals surface area contributed by atoms with E-state index in [0.29, 0.717) is 28.2 Å². The smallest absolute Gasteiger partial charge is 0.325 e. The molecule has 4 aromatic rings. The number of oxazole rings is 1. The molecule has 0 saturated carbocycles. The summed E-state index contributed by atoms with van der Waals surface area (Å²) >= 11 is 3.38. The summed E-state index contributed by atoms with van der Waals surface area (Å²) in [6.45, 7) is 1.83. The van der Waals surface area contributed by atoms with Gasteiger partial charge in [0.1, 0.15) is 17.2 Å². The summed E-state index contributed by atoms with van der Waals surface area (Å²) < 4.78 is 22.6. The van der Waals surface area contributed by atoms with Crippen molar-refractivity contribution in [3.63, 3.8) is 0 Å². The lowest BCUT2D eigenvalue weighted by Gasteiger charge is -2.24. The molecule has 28 heavy (non-hydrogen) atoms. The van der Waals surface area contributed by atoms with Gasteiger partial charge in [0.15, 0.2) is 5.58 Å². The molecule has 0 saturated heterocycles. The molecule has 1 atom stereocenters. The largest absolute Gasteiger partial charge is 0.422 e. The number of hydrogen-bond acceptors (Lipinski definition) is 4. The lowest BCUT2D eigenvalue weighted by molar-refractivity contribution is -0.116. The number of carbonyl (C=O) groups is 1. The predicted molar refractivity (Wildman–Crippen MR) is 105 cm³/mol. The number of halogens is 2. The fraction of sp³-hybridized carbons (Fsp3) is 0.150. The third kappa shape index (κ3) is 2.63. The van der Waals surface area contributed by atoms with Crippen molar-refractivity contribution in [2.24, 2.45) is 0 Å². The molecular weight excluding hydrogens is 427 g/mol. The first-order valence-electron chi connectivity index (χ1n) is 8.71. The molecule has 1 amide bonds. The number of nitrogens with zero attached hydrogens (tertiary/aromatic N) is 3. The van der Waals surface area contributed by atoms with Gasteiger partial charge in [0, 0.05) is 22.4 Å². The molecular formula is C20H14BrFN4O2. The van der Waals surface area contributed by atoms with Gasteiger partial charge < -0.3 is 9.73 Å². The van der Waals surface area contributed by atoms with Gasteiger partial charge in [-0.3, -0.25) is 4.79 Å². The zero-order chi connectivity index (χ0) is 19.4. The van der Waals surface area contributed by atoms with Crippen LogP contribution in [0.25, 0.3) is 17.1 Å². The Morgan fingerprint density at radius 1 is 1.29 bits per heavy atom. The molecule has 0 spiro atoms. The quantitative estimate of drug-likeness (QED) is 0.490. The van der Waals surface area contributed by atoms with E-state index >= 15 is 0 Å². The van der Waals surface area contributed by atoms with E-state index in [9.17, 15) is 9.18 Å². The summed E-state index contributed by atoms with van der Waals surface area (Å²) in [5, 5.41) is 7.38. The normalized spacial score (nSPS) is 16.2. The van der Waals surface area contributed by atoms with E-state index in [1.54, 1.807) is 12.1 Å². The second-order valence-corrected chi connectivity index (χ2v) is 7.61. The second kappa shape index (κ2) is 6.27. The highest BCUT2D eigenvalue weighted by Gasteiger charge is 2.35. The average molecular weight is 441 g/mol. The van der Waals surface area contributed by atoms with Crippen LogP contribution < -0.4 is 5.32 Å². The van der Waals surface area contributed by atoms with Gasteiger partial charge in [0.05, 0.1) is 5.69 Å². The van der Waals surface area contributed by atoms with E-state index in [2.05, 4.69) is 31.3 Å². The lowest BCUT2D eigenvalue weighted by atomic mass is 9.85. The molecule has 0 aliphatic carbocycles. The Morgan fingerprint density at radius 2 is 2.11 bits per heavy atom. The first-order valence-corrected chi connectivity index (χ1v) is 9.51. The fourth-order valence-electron chi connectivity index (χ4n) is 3.68. The fourth-order valence-corrected chi connectivity index (χ4v) is 4.06. The minimum Gasteiger partial charge on any atom is -0.422 e. The summed E-state index contributed by atoms with van der Waals surface area (Å²) in [6.07, 6.45) is 0.139. The number of fused-ring (bicyclic) bond motifs is 2. The number of carbonyl (C=O) groups excluding carboxylic acids is 1. The van der Waals surface area contributed by atoms with E-state index in [1.165, 1.54) is 10.7 Å². The maximum atomic E-state index is 14.6. The molecule has 0 bridgehead atoms. The van der Waals surface area contributed by atoms with Crippen LogP contribution in [0.15, 0.2) is 51.4 Å². The zero-order valence-corrected chi connectivity index (χ0v) is 16.3. The number of nitrogens with one attached hydrogen (secondary N) is 1. The van der Waals surface area contributed by atoms with Gasteiger partial charge in [-0.05, 0) is 42.8 Å². The highest BCUT2D eigenvalue weighted by atomic mass is 79.9. The Balaban J connectivity index is 1.70. The SMILES string of the molecule is Cc1nn(-c2nc3ccccc3o2)c2c1[C@@H](c1cc(Br)ccc1F)CC(=O)N2. The summed E-state index contributed by atoms with van der Waals surface area (Å²) in [6, 6.07) is 12.4. The highest BCUT2D eigenvalue weighted by molar-refractivity contribution is 9.10. The molecule has 8 heteroatoms. The molecule has 0 fully saturated rings. The molecule has 2 aromatic heterocycles. The Bertz CT molecular complexity index is 1210. The van der Waals surface area contributed by atoms with Crippen LogP contribution in [-0.2, 0) is 4.79 Å². The summed E-state index contributed by atoms with van der Waals surface area (Å²) in [4.78, 5) is 16.9. The number of hydrogen-bond donors (Lipinski definition) is 1.